The first-order valence-electron chi connectivity index (χ1n) is 11.4. The summed E-state index contributed by atoms with van der Waals surface area (Å²) in [5.41, 5.74) is 1.92. The smallest absolute Gasteiger partial charge is 0.321 e. The Labute approximate surface area is 174 Å². The number of hydrogen-bond donors (Lipinski definition) is 1. The number of amides is 2. The molecule has 3 aliphatic heterocycles. The Morgan fingerprint density at radius 3 is 2.83 bits per heavy atom. The molecule has 0 bridgehead atoms. The van der Waals surface area contributed by atoms with E-state index in [0.29, 0.717) is 19.3 Å². The lowest BCUT2D eigenvalue weighted by molar-refractivity contribution is -0.0447. The highest BCUT2D eigenvalue weighted by Gasteiger charge is 2.29. The standard InChI is InChI=1S/C23H35N3O3/c27-23(26-13-6-9-21(16-26)25-11-2-3-12-25)24-20-8-5-7-19(15-20)17-28-18-22-10-1-4-14-29-22/h5,7-8,15,21-22H,1-4,6,9-14,16-18H2,(H,24,27)/t21-,22+/m1/s1. The van der Waals surface area contributed by atoms with E-state index in [2.05, 4.69) is 10.2 Å². The predicted octanol–water partition coefficient (Wildman–Crippen LogP) is 3.86. The summed E-state index contributed by atoms with van der Waals surface area (Å²) in [7, 11) is 0. The zero-order valence-electron chi connectivity index (χ0n) is 17.5. The van der Waals surface area contributed by atoms with Crippen molar-refractivity contribution in [1.82, 2.24) is 9.80 Å². The minimum Gasteiger partial charge on any atom is -0.376 e. The summed E-state index contributed by atoms with van der Waals surface area (Å²) >= 11 is 0. The first-order chi connectivity index (χ1) is 14.3. The molecular weight excluding hydrogens is 366 g/mol. The molecule has 2 amide bonds. The van der Waals surface area contributed by atoms with E-state index >= 15 is 0 Å². The highest BCUT2D eigenvalue weighted by Crippen LogP contribution is 2.21. The highest BCUT2D eigenvalue weighted by molar-refractivity contribution is 5.89. The third-order valence-corrected chi connectivity index (χ3v) is 6.37. The summed E-state index contributed by atoms with van der Waals surface area (Å²) in [4.78, 5) is 17.4. The molecule has 0 spiro atoms. The number of piperidine rings is 1. The summed E-state index contributed by atoms with van der Waals surface area (Å²) in [6, 6.07) is 8.53. The first-order valence-corrected chi connectivity index (χ1v) is 11.4. The van der Waals surface area contributed by atoms with E-state index in [-0.39, 0.29) is 12.1 Å². The van der Waals surface area contributed by atoms with Crippen LogP contribution in [0.15, 0.2) is 24.3 Å². The Morgan fingerprint density at radius 2 is 2.00 bits per heavy atom. The zero-order chi connectivity index (χ0) is 19.9. The fourth-order valence-electron chi connectivity index (χ4n) is 4.73. The largest absolute Gasteiger partial charge is 0.376 e. The molecule has 1 N–H and O–H groups in total. The molecule has 1 aromatic rings. The van der Waals surface area contributed by atoms with Crippen molar-refractivity contribution in [2.24, 2.45) is 0 Å². The number of carbonyl (C=O) groups is 1. The average molecular weight is 402 g/mol. The fourth-order valence-corrected chi connectivity index (χ4v) is 4.73. The molecule has 3 fully saturated rings. The van der Waals surface area contributed by atoms with E-state index in [1.165, 1.54) is 38.8 Å². The Bertz CT molecular complexity index is 657. The predicted molar refractivity (Wildman–Crippen MR) is 114 cm³/mol. The Morgan fingerprint density at radius 1 is 1.10 bits per heavy atom. The zero-order valence-corrected chi connectivity index (χ0v) is 17.5. The van der Waals surface area contributed by atoms with Gasteiger partial charge in [-0.2, -0.15) is 0 Å². The molecule has 0 radical (unpaired) electrons. The van der Waals surface area contributed by atoms with Crippen LogP contribution in [0, 0.1) is 0 Å². The number of likely N-dealkylation sites (tertiary alicyclic amines) is 2. The van der Waals surface area contributed by atoms with Gasteiger partial charge in [-0.25, -0.2) is 4.79 Å². The van der Waals surface area contributed by atoms with Crippen LogP contribution in [0.25, 0.3) is 0 Å². The monoisotopic (exact) mass is 401 g/mol. The van der Waals surface area contributed by atoms with Gasteiger partial charge in [0.25, 0.3) is 0 Å². The third kappa shape index (κ3) is 5.93. The van der Waals surface area contributed by atoms with Crippen molar-refractivity contribution < 1.29 is 14.3 Å². The molecule has 0 saturated carbocycles. The molecule has 0 unspecified atom stereocenters. The Balaban J connectivity index is 1.25. The molecule has 3 aliphatic rings. The van der Waals surface area contributed by atoms with Crippen molar-refractivity contribution in [3.05, 3.63) is 29.8 Å². The van der Waals surface area contributed by atoms with Crippen LogP contribution in [0.1, 0.15) is 50.5 Å². The van der Waals surface area contributed by atoms with Gasteiger partial charge in [-0.15, -0.1) is 0 Å². The van der Waals surface area contributed by atoms with Crippen LogP contribution in [-0.4, -0.2) is 67.4 Å². The molecule has 1 aromatic carbocycles. The van der Waals surface area contributed by atoms with Gasteiger partial charge in [-0.05, 0) is 75.7 Å². The molecule has 2 atom stereocenters. The maximum atomic E-state index is 12.8. The molecule has 160 valence electrons. The van der Waals surface area contributed by atoms with Crippen molar-refractivity contribution in [2.75, 3.05) is 44.7 Å². The quantitative estimate of drug-likeness (QED) is 0.786. The fraction of sp³-hybridized carbons (Fsp3) is 0.696. The third-order valence-electron chi connectivity index (χ3n) is 6.37. The molecule has 29 heavy (non-hydrogen) atoms. The molecule has 6 heteroatoms. The van der Waals surface area contributed by atoms with Gasteiger partial charge in [0.05, 0.1) is 19.3 Å². The van der Waals surface area contributed by atoms with Gasteiger partial charge in [0.15, 0.2) is 0 Å². The number of carbonyl (C=O) groups excluding carboxylic acids is 1. The van der Waals surface area contributed by atoms with E-state index in [1.807, 2.05) is 29.2 Å². The second kappa shape index (κ2) is 10.4. The van der Waals surface area contributed by atoms with E-state index in [4.69, 9.17) is 9.47 Å². The number of nitrogens with one attached hydrogen (secondary N) is 1. The molecule has 3 saturated heterocycles. The number of ether oxygens (including phenoxy) is 2. The van der Waals surface area contributed by atoms with E-state index in [0.717, 1.165) is 50.2 Å². The topological polar surface area (TPSA) is 54.0 Å². The minimum absolute atomic E-state index is 0.0163. The molecule has 0 aromatic heterocycles. The summed E-state index contributed by atoms with van der Waals surface area (Å²) in [5.74, 6) is 0. The first kappa shape index (κ1) is 20.6. The van der Waals surface area contributed by atoms with Gasteiger partial charge in [-0.3, -0.25) is 4.90 Å². The SMILES string of the molecule is O=C(Nc1cccc(COC[C@@H]2CCCCO2)c1)N1CCC[C@@H](N2CCCC2)C1. The van der Waals surface area contributed by atoms with Crippen LogP contribution < -0.4 is 5.32 Å². The number of nitrogens with zero attached hydrogens (tertiary/aromatic N) is 2. The maximum absolute atomic E-state index is 12.8. The van der Waals surface area contributed by atoms with Crippen LogP contribution in [0.3, 0.4) is 0 Å². The van der Waals surface area contributed by atoms with Gasteiger partial charge in [-0.1, -0.05) is 12.1 Å². The lowest BCUT2D eigenvalue weighted by Gasteiger charge is -2.37. The molecule has 4 rings (SSSR count). The van der Waals surface area contributed by atoms with Crippen molar-refractivity contribution in [3.63, 3.8) is 0 Å². The average Bonchev–Trinajstić information content (AvgIpc) is 3.30. The summed E-state index contributed by atoms with van der Waals surface area (Å²) in [5, 5.41) is 3.09. The van der Waals surface area contributed by atoms with Gasteiger partial charge in [0.2, 0.25) is 0 Å². The number of anilines is 1. The molecule has 0 aliphatic carbocycles. The number of rotatable bonds is 6. The van der Waals surface area contributed by atoms with Crippen LogP contribution >= 0.6 is 0 Å². The van der Waals surface area contributed by atoms with Crippen LogP contribution in [0.2, 0.25) is 0 Å². The second-order valence-electron chi connectivity index (χ2n) is 8.62. The number of hydrogen-bond acceptors (Lipinski definition) is 4. The van der Waals surface area contributed by atoms with E-state index < -0.39 is 0 Å². The lowest BCUT2D eigenvalue weighted by Crippen LogP contribution is -2.50. The van der Waals surface area contributed by atoms with E-state index in [1.54, 1.807) is 0 Å². The van der Waals surface area contributed by atoms with Crippen LogP contribution in [-0.2, 0) is 16.1 Å². The van der Waals surface area contributed by atoms with Crippen molar-refractivity contribution in [3.8, 4) is 0 Å². The van der Waals surface area contributed by atoms with Crippen molar-refractivity contribution >= 4 is 11.7 Å². The maximum Gasteiger partial charge on any atom is 0.321 e. The summed E-state index contributed by atoms with van der Waals surface area (Å²) < 4.78 is 11.6. The minimum atomic E-state index is 0.0163. The number of urea groups is 1. The normalized spacial score (nSPS) is 25.9. The highest BCUT2D eigenvalue weighted by atomic mass is 16.5. The van der Waals surface area contributed by atoms with Crippen molar-refractivity contribution in [2.45, 2.75) is 63.7 Å². The molecular formula is C23H35N3O3. The Kier molecular flexibility index (Phi) is 7.41. The van der Waals surface area contributed by atoms with Gasteiger partial charge >= 0.3 is 6.03 Å². The summed E-state index contributed by atoms with van der Waals surface area (Å²) in [6.07, 6.45) is 8.60. The molecule has 6 nitrogen and oxygen atoms in total. The van der Waals surface area contributed by atoms with E-state index in [9.17, 15) is 4.79 Å². The summed E-state index contributed by atoms with van der Waals surface area (Å²) in [6.45, 7) is 6.11. The lowest BCUT2D eigenvalue weighted by atomic mass is 10.0. The van der Waals surface area contributed by atoms with Gasteiger partial charge < -0.3 is 19.7 Å². The van der Waals surface area contributed by atoms with Crippen LogP contribution in [0.5, 0.6) is 0 Å². The van der Waals surface area contributed by atoms with Crippen LogP contribution in [0.4, 0.5) is 10.5 Å². The van der Waals surface area contributed by atoms with Gasteiger partial charge in [0.1, 0.15) is 0 Å². The van der Waals surface area contributed by atoms with Crippen molar-refractivity contribution in [1.29, 1.82) is 0 Å². The second-order valence-corrected chi connectivity index (χ2v) is 8.62. The molecule has 3 heterocycles. The Hall–Kier alpha value is -1.63. The number of benzene rings is 1. The van der Waals surface area contributed by atoms with Gasteiger partial charge in [0, 0.05) is 31.4 Å².